The Balaban J connectivity index is 2.09. The van der Waals surface area contributed by atoms with E-state index in [1.54, 1.807) is 18.2 Å². The standard InChI is InChI=1S/C17H21ClN2O5/c1-17(2,16(23)24)9-19-15(22)10-6-14(21)20(8-10)12-7-11(18)4-5-13(12)25-3/h4-5,7,10H,6,8-9H2,1-3H3,(H,19,22)(H,23,24). The minimum atomic E-state index is -1.08. The van der Waals surface area contributed by atoms with Crippen molar-refractivity contribution in [3.05, 3.63) is 23.2 Å². The van der Waals surface area contributed by atoms with Gasteiger partial charge in [-0.3, -0.25) is 14.4 Å². The molecule has 2 N–H and O–H groups in total. The van der Waals surface area contributed by atoms with E-state index in [0.29, 0.717) is 16.5 Å². The number of carbonyl (C=O) groups excluding carboxylic acids is 2. The van der Waals surface area contributed by atoms with E-state index in [0.717, 1.165) is 0 Å². The molecule has 1 heterocycles. The molecule has 8 heteroatoms. The fourth-order valence-electron chi connectivity index (χ4n) is 2.52. The van der Waals surface area contributed by atoms with Crippen LogP contribution in [0.25, 0.3) is 0 Å². The third-order valence-corrected chi connectivity index (χ3v) is 4.45. The number of aliphatic carboxylic acids is 1. The van der Waals surface area contributed by atoms with Crippen LogP contribution in [0.15, 0.2) is 18.2 Å². The highest BCUT2D eigenvalue weighted by molar-refractivity contribution is 6.31. The average molecular weight is 369 g/mol. The van der Waals surface area contributed by atoms with Crippen LogP contribution >= 0.6 is 11.6 Å². The second kappa shape index (κ2) is 7.31. The van der Waals surface area contributed by atoms with Gasteiger partial charge < -0.3 is 20.1 Å². The Hall–Kier alpha value is -2.28. The third-order valence-electron chi connectivity index (χ3n) is 4.21. The van der Waals surface area contributed by atoms with Crippen molar-refractivity contribution in [3.8, 4) is 5.75 Å². The largest absolute Gasteiger partial charge is 0.495 e. The number of hydrogen-bond donors (Lipinski definition) is 2. The Labute approximate surface area is 150 Å². The van der Waals surface area contributed by atoms with E-state index >= 15 is 0 Å². The Morgan fingerprint density at radius 2 is 2.12 bits per heavy atom. The smallest absolute Gasteiger partial charge is 0.310 e. The van der Waals surface area contributed by atoms with Crippen LogP contribution in [0.5, 0.6) is 5.75 Å². The van der Waals surface area contributed by atoms with Crippen molar-refractivity contribution in [3.63, 3.8) is 0 Å². The molecular formula is C17H21ClN2O5. The van der Waals surface area contributed by atoms with E-state index in [4.69, 9.17) is 21.4 Å². The molecule has 0 radical (unpaired) electrons. The van der Waals surface area contributed by atoms with Gasteiger partial charge in [-0.05, 0) is 32.0 Å². The monoisotopic (exact) mass is 368 g/mol. The van der Waals surface area contributed by atoms with Gasteiger partial charge in [0.05, 0.1) is 24.1 Å². The summed E-state index contributed by atoms with van der Waals surface area (Å²) in [6, 6.07) is 4.93. The Morgan fingerprint density at radius 1 is 1.44 bits per heavy atom. The van der Waals surface area contributed by atoms with Crippen molar-refractivity contribution >= 4 is 35.1 Å². The van der Waals surface area contributed by atoms with E-state index in [9.17, 15) is 14.4 Å². The molecule has 0 aromatic heterocycles. The van der Waals surface area contributed by atoms with Gasteiger partial charge in [-0.25, -0.2) is 0 Å². The van der Waals surface area contributed by atoms with Crippen LogP contribution < -0.4 is 15.0 Å². The zero-order valence-corrected chi connectivity index (χ0v) is 15.1. The van der Waals surface area contributed by atoms with Crippen molar-refractivity contribution in [1.82, 2.24) is 5.32 Å². The Morgan fingerprint density at radius 3 is 2.72 bits per heavy atom. The van der Waals surface area contributed by atoms with Gasteiger partial charge in [-0.15, -0.1) is 0 Å². The number of benzene rings is 1. The molecule has 0 aliphatic carbocycles. The highest BCUT2D eigenvalue weighted by Crippen LogP contribution is 2.35. The number of anilines is 1. The van der Waals surface area contributed by atoms with Gasteiger partial charge in [0.1, 0.15) is 5.75 Å². The van der Waals surface area contributed by atoms with Gasteiger partial charge >= 0.3 is 5.97 Å². The summed E-state index contributed by atoms with van der Waals surface area (Å²) in [6.07, 6.45) is 0.0506. The van der Waals surface area contributed by atoms with Crippen LogP contribution in [0.4, 0.5) is 5.69 Å². The zero-order valence-electron chi connectivity index (χ0n) is 14.3. The van der Waals surface area contributed by atoms with Crippen LogP contribution in [0.3, 0.4) is 0 Å². The van der Waals surface area contributed by atoms with E-state index < -0.39 is 17.3 Å². The first-order valence-corrected chi connectivity index (χ1v) is 8.18. The maximum absolute atomic E-state index is 12.3. The quantitative estimate of drug-likeness (QED) is 0.799. The lowest BCUT2D eigenvalue weighted by Crippen LogP contribution is -2.41. The molecule has 0 bridgehead atoms. The maximum Gasteiger partial charge on any atom is 0.310 e. The number of nitrogens with one attached hydrogen (secondary N) is 1. The number of rotatable bonds is 6. The molecule has 1 aromatic rings. The van der Waals surface area contributed by atoms with Crippen LogP contribution in [-0.2, 0) is 14.4 Å². The van der Waals surface area contributed by atoms with Gasteiger partial charge in [0.2, 0.25) is 11.8 Å². The summed E-state index contributed by atoms with van der Waals surface area (Å²) < 4.78 is 5.26. The van der Waals surface area contributed by atoms with Gasteiger partial charge in [0, 0.05) is 24.5 Å². The molecule has 1 aliphatic rings. The van der Waals surface area contributed by atoms with E-state index in [-0.39, 0.29) is 31.3 Å². The number of carbonyl (C=O) groups is 3. The van der Waals surface area contributed by atoms with Crippen LogP contribution in [0.1, 0.15) is 20.3 Å². The molecular weight excluding hydrogens is 348 g/mol. The lowest BCUT2D eigenvalue weighted by Gasteiger charge is -2.22. The fourth-order valence-corrected chi connectivity index (χ4v) is 2.68. The zero-order chi connectivity index (χ0) is 18.8. The molecule has 0 spiro atoms. The summed E-state index contributed by atoms with van der Waals surface area (Å²) in [5, 5.41) is 12.2. The van der Waals surface area contributed by atoms with Crippen molar-refractivity contribution in [2.45, 2.75) is 20.3 Å². The summed E-state index contributed by atoms with van der Waals surface area (Å²) in [7, 11) is 1.49. The second-order valence-electron chi connectivity index (χ2n) is 6.63. The molecule has 1 atom stereocenters. The van der Waals surface area contributed by atoms with Gasteiger partial charge in [0.25, 0.3) is 0 Å². The number of hydrogen-bond acceptors (Lipinski definition) is 4. The molecule has 2 rings (SSSR count). The van der Waals surface area contributed by atoms with Gasteiger partial charge in [-0.1, -0.05) is 11.6 Å². The summed E-state index contributed by atoms with van der Waals surface area (Å²) >= 11 is 6.00. The number of halogens is 1. The molecule has 1 unspecified atom stereocenters. The van der Waals surface area contributed by atoms with Crippen LogP contribution in [0, 0.1) is 11.3 Å². The van der Waals surface area contributed by atoms with Gasteiger partial charge in [0.15, 0.2) is 0 Å². The predicted octanol–water partition coefficient (Wildman–Crippen LogP) is 1.93. The summed E-state index contributed by atoms with van der Waals surface area (Å²) in [6.45, 7) is 3.23. The molecule has 1 aliphatic heterocycles. The van der Waals surface area contributed by atoms with Crippen molar-refractivity contribution in [1.29, 1.82) is 0 Å². The van der Waals surface area contributed by atoms with E-state index in [2.05, 4.69) is 5.32 Å². The lowest BCUT2D eigenvalue weighted by molar-refractivity contribution is -0.147. The first kappa shape index (κ1) is 19.1. The van der Waals surface area contributed by atoms with Crippen molar-refractivity contribution in [2.75, 3.05) is 25.1 Å². The van der Waals surface area contributed by atoms with Crippen molar-refractivity contribution < 1.29 is 24.2 Å². The SMILES string of the molecule is COc1ccc(Cl)cc1N1CC(C(=O)NCC(C)(C)C(=O)O)CC1=O. The highest BCUT2D eigenvalue weighted by atomic mass is 35.5. The highest BCUT2D eigenvalue weighted by Gasteiger charge is 2.37. The average Bonchev–Trinajstić information content (AvgIpc) is 2.94. The first-order valence-electron chi connectivity index (χ1n) is 7.80. The molecule has 1 fully saturated rings. The Kier molecular flexibility index (Phi) is 5.57. The third kappa shape index (κ3) is 4.22. The number of ether oxygens (including phenoxy) is 1. The summed E-state index contributed by atoms with van der Waals surface area (Å²) in [4.78, 5) is 37.2. The normalized spacial score (nSPS) is 17.5. The fraction of sp³-hybridized carbons (Fsp3) is 0.471. The lowest BCUT2D eigenvalue weighted by atomic mass is 9.93. The first-order chi connectivity index (χ1) is 11.7. The molecule has 2 amide bonds. The van der Waals surface area contributed by atoms with E-state index in [1.165, 1.54) is 25.9 Å². The number of carboxylic acids is 1. The Bertz CT molecular complexity index is 704. The number of carboxylic acid groups (broad SMARTS) is 1. The van der Waals surface area contributed by atoms with Crippen LogP contribution in [0.2, 0.25) is 5.02 Å². The molecule has 1 saturated heterocycles. The summed E-state index contributed by atoms with van der Waals surface area (Å²) in [5.41, 5.74) is -0.560. The topological polar surface area (TPSA) is 95.9 Å². The number of nitrogens with zero attached hydrogens (tertiary/aromatic N) is 1. The number of amides is 2. The minimum Gasteiger partial charge on any atom is -0.495 e. The van der Waals surface area contributed by atoms with Gasteiger partial charge in [-0.2, -0.15) is 0 Å². The molecule has 7 nitrogen and oxygen atoms in total. The van der Waals surface area contributed by atoms with E-state index in [1.807, 2.05) is 0 Å². The summed E-state index contributed by atoms with van der Waals surface area (Å²) in [5.74, 6) is -1.61. The minimum absolute atomic E-state index is 0.00760. The maximum atomic E-state index is 12.3. The number of methoxy groups -OCH3 is 1. The second-order valence-corrected chi connectivity index (χ2v) is 7.06. The molecule has 136 valence electrons. The molecule has 0 saturated carbocycles. The molecule has 1 aromatic carbocycles. The predicted molar refractivity (Wildman–Crippen MR) is 92.9 cm³/mol. The van der Waals surface area contributed by atoms with Crippen molar-refractivity contribution in [2.24, 2.45) is 11.3 Å². The van der Waals surface area contributed by atoms with Crippen LogP contribution in [-0.4, -0.2) is 43.1 Å². The molecule has 25 heavy (non-hydrogen) atoms.